The Balaban J connectivity index is 0.00000196. The first kappa shape index (κ1) is 14.6. The van der Waals surface area contributed by atoms with Crippen LogP contribution in [0.25, 0.3) is 0 Å². The Morgan fingerprint density at radius 2 is 1.93 bits per heavy atom. The minimum Gasteiger partial charge on any atom is -0.466 e. The van der Waals surface area contributed by atoms with Gasteiger partial charge in [0.05, 0.1) is 6.61 Å². The van der Waals surface area contributed by atoms with Crippen LogP contribution in [0.4, 0.5) is 8.78 Å². The van der Waals surface area contributed by atoms with Crippen molar-refractivity contribution in [1.82, 2.24) is 0 Å². The van der Waals surface area contributed by atoms with Crippen LogP contribution in [-0.2, 0) is 33.8 Å². The van der Waals surface area contributed by atoms with Crippen LogP contribution in [-0.4, -0.2) is 24.3 Å². The molecule has 0 aromatic heterocycles. The summed E-state index contributed by atoms with van der Waals surface area (Å²) in [6.07, 6.45) is -1.23. The quantitative estimate of drug-likeness (QED) is 0.443. The molecule has 0 radical (unpaired) electrons. The molecule has 0 aromatic rings. The summed E-state index contributed by atoms with van der Waals surface area (Å²) in [6.45, 7) is 1.83. The van der Waals surface area contributed by atoms with Crippen molar-refractivity contribution >= 4 is 11.8 Å². The SMILES string of the molecule is CCOC(=O)CC(=O)C1CC(F)(F)C1.[Zn]. The second-order valence-electron chi connectivity index (χ2n) is 3.41. The second-order valence-corrected chi connectivity index (χ2v) is 3.41. The van der Waals surface area contributed by atoms with Gasteiger partial charge in [0.2, 0.25) is 5.92 Å². The molecule has 0 aliphatic heterocycles. The summed E-state index contributed by atoms with van der Waals surface area (Å²) in [4.78, 5) is 22.0. The first-order chi connectivity index (χ1) is 6.44. The van der Waals surface area contributed by atoms with E-state index >= 15 is 0 Å². The Labute approximate surface area is 99.3 Å². The van der Waals surface area contributed by atoms with Crippen LogP contribution in [0.2, 0.25) is 0 Å². The number of ketones is 1. The Kier molecular flexibility index (Phi) is 5.50. The molecule has 0 amide bonds. The molecule has 0 aromatic carbocycles. The van der Waals surface area contributed by atoms with Gasteiger partial charge < -0.3 is 4.74 Å². The number of carbonyl (C=O) groups is 2. The van der Waals surface area contributed by atoms with E-state index in [0.717, 1.165) is 0 Å². The molecule has 3 nitrogen and oxygen atoms in total. The van der Waals surface area contributed by atoms with Crippen molar-refractivity contribution in [3.05, 3.63) is 0 Å². The van der Waals surface area contributed by atoms with Gasteiger partial charge in [-0.25, -0.2) is 8.78 Å². The van der Waals surface area contributed by atoms with Crippen LogP contribution in [0, 0.1) is 5.92 Å². The Hall–Kier alpha value is -0.377. The van der Waals surface area contributed by atoms with Gasteiger partial charge in [0.15, 0.2) is 0 Å². The van der Waals surface area contributed by atoms with E-state index in [4.69, 9.17) is 0 Å². The summed E-state index contributed by atoms with van der Waals surface area (Å²) >= 11 is 0. The molecule has 6 heteroatoms. The molecule has 82 valence electrons. The molecule has 1 aliphatic carbocycles. The predicted molar refractivity (Wildman–Crippen MR) is 43.9 cm³/mol. The number of carbonyl (C=O) groups excluding carboxylic acids is 2. The second kappa shape index (κ2) is 5.64. The van der Waals surface area contributed by atoms with E-state index < -0.39 is 36.4 Å². The standard InChI is InChI=1S/C9H12F2O3.Zn/c1-2-14-8(13)3-7(12)6-4-9(10,11)5-6;/h6H,2-5H2,1H3;. The van der Waals surface area contributed by atoms with Gasteiger partial charge in [0, 0.05) is 38.2 Å². The molecule has 1 aliphatic rings. The summed E-state index contributed by atoms with van der Waals surface area (Å²) in [7, 11) is 0. The van der Waals surface area contributed by atoms with E-state index in [0.29, 0.717) is 0 Å². The molecule has 0 N–H and O–H groups in total. The van der Waals surface area contributed by atoms with Crippen molar-refractivity contribution in [3.63, 3.8) is 0 Å². The van der Waals surface area contributed by atoms with Crippen LogP contribution >= 0.6 is 0 Å². The van der Waals surface area contributed by atoms with E-state index in [2.05, 4.69) is 4.74 Å². The van der Waals surface area contributed by atoms with Gasteiger partial charge in [-0.1, -0.05) is 0 Å². The Morgan fingerprint density at radius 1 is 1.40 bits per heavy atom. The number of Topliss-reactive ketones (excluding diaryl/α,β-unsaturated/α-hetero) is 1. The maximum atomic E-state index is 12.4. The summed E-state index contributed by atoms with van der Waals surface area (Å²) < 4.78 is 29.3. The maximum Gasteiger partial charge on any atom is 0.313 e. The van der Waals surface area contributed by atoms with E-state index in [1.165, 1.54) is 0 Å². The third-order valence-corrected chi connectivity index (χ3v) is 2.17. The average Bonchev–Trinajstić information content (AvgIpc) is 2.00. The Bertz CT molecular complexity index is 248. The van der Waals surface area contributed by atoms with Crippen LogP contribution < -0.4 is 0 Å². The van der Waals surface area contributed by atoms with Crippen molar-refractivity contribution in [1.29, 1.82) is 0 Å². The predicted octanol–water partition coefficient (Wildman–Crippen LogP) is 1.55. The average molecular weight is 272 g/mol. The van der Waals surface area contributed by atoms with Crippen LogP contribution in [0.3, 0.4) is 0 Å². The summed E-state index contributed by atoms with van der Waals surface area (Å²) in [5.41, 5.74) is 0. The molecular weight excluding hydrogens is 259 g/mol. The molecule has 0 heterocycles. The fourth-order valence-electron chi connectivity index (χ4n) is 1.39. The van der Waals surface area contributed by atoms with E-state index in [-0.39, 0.29) is 32.5 Å². The minimum absolute atomic E-state index is 0. The fourth-order valence-corrected chi connectivity index (χ4v) is 1.39. The summed E-state index contributed by atoms with van der Waals surface area (Å²) in [5.74, 6) is -4.44. The molecule has 0 bridgehead atoms. The summed E-state index contributed by atoms with van der Waals surface area (Å²) in [5, 5.41) is 0. The van der Waals surface area contributed by atoms with Crippen molar-refractivity contribution in [3.8, 4) is 0 Å². The van der Waals surface area contributed by atoms with E-state index in [9.17, 15) is 18.4 Å². The minimum atomic E-state index is -2.71. The third-order valence-electron chi connectivity index (χ3n) is 2.17. The van der Waals surface area contributed by atoms with Gasteiger partial charge in [-0.15, -0.1) is 0 Å². The van der Waals surface area contributed by atoms with Gasteiger partial charge in [0.25, 0.3) is 0 Å². The molecule has 0 saturated heterocycles. The zero-order chi connectivity index (χ0) is 10.8. The van der Waals surface area contributed by atoms with Crippen LogP contribution in [0.5, 0.6) is 0 Å². The van der Waals surface area contributed by atoms with Crippen molar-refractivity contribution in [2.24, 2.45) is 5.92 Å². The molecular formula is C9H12F2O3Zn. The van der Waals surface area contributed by atoms with Gasteiger partial charge in [0.1, 0.15) is 12.2 Å². The van der Waals surface area contributed by atoms with Crippen LogP contribution in [0.15, 0.2) is 0 Å². The maximum absolute atomic E-state index is 12.4. The number of esters is 1. The molecule has 0 unspecified atom stereocenters. The van der Waals surface area contributed by atoms with Gasteiger partial charge in [-0.3, -0.25) is 9.59 Å². The number of alkyl halides is 2. The topological polar surface area (TPSA) is 43.4 Å². The largest absolute Gasteiger partial charge is 0.466 e. The number of hydrogen-bond acceptors (Lipinski definition) is 3. The molecule has 1 saturated carbocycles. The monoisotopic (exact) mass is 270 g/mol. The van der Waals surface area contributed by atoms with Gasteiger partial charge in [-0.05, 0) is 6.92 Å². The first-order valence-electron chi connectivity index (χ1n) is 4.51. The molecule has 1 rings (SSSR count). The molecule has 15 heavy (non-hydrogen) atoms. The van der Waals surface area contributed by atoms with Gasteiger partial charge in [-0.2, -0.15) is 0 Å². The van der Waals surface area contributed by atoms with Gasteiger partial charge >= 0.3 is 5.97 Å². The smallest absolute Gasteiger partial charge is 0.313 e. The molecule has 0 atom stereocenters. The molecule has 1 fully saturated rings. The van der Waals surface area contributed by atoms with Crippen molar-refractivity contribution < 1.29 is 42.6 Å². The number of halogens is 2. The van der Waals surface area contributed by atoms with E-state index in [1.54, 1.807) is 6.92 Å². The zero-order valence-corrected chi connectivity index (χ0v) is 11.6. The van der Waals surface area contributed by atoms with Crippen LogP contribution in [0.1, 0.15) is 26.2 Å². The number of rotatable bonds is 4. The first-order valence-corrected chi connectivity index (χ1v) is 4.51. The number of hydrogen-bond donors (Lipinski definition) is 0. The Morgan fingerprint density at radius 3 is 2.33 bits per heavy atom. The summed E-state index contributed by atoms with van der Waals surface area (Å²) in [6, 6.07) is 0. The molecule has 0 spiro atoms. The zero-order valence-electron chi connectivity index (χ0n) is 8.59. The third kappa shape index (κ3) is 4.33. The normalized spacial score (nSPS) is 18.6. The number of ether oxygens (including phenoxy) is 1. The van der Waals surface area contributed by atoms with Crippen molar-refractivity contribution in [2.75, 3.05) is 6.61 Å². The van der Waals surface area contributed by atoms with Crippen molar-refractivity contribution in [2.45, 2.75) is 32.1 Å². The van der Waals surface area contributed by atoms with E-state index in [1.807, 2.05) is 0 Å². The fraction of sp³-hybridized carbons (Fsp3) is 0.778.